The van der Waals surface area contributed by atoms with Gasteiger partial charge in [-0.25, -0.2) is 4.79 Å². The second-order valence-corrected chi connectivity index (χ2v) is 3.22. The molecule has 6 heteroatoms. The van der Waals surface area contributed by atoms with E-state index in [9.17, 15) is 4.79 Å². The predicted molar refractivity (Wildman–Crippen MR) is 46.3 cm³/mol. The van der Waals surface area contributed by atoms with Gasteiger partial charge in [-0.05, 0) is 0 Å². The van der Waals surface area contributed by atoms with Crippen LogP contribution in [-0.4, -0.2) is 22.4 Å². The highest BCUT2D eigenvalue weighted by Gasteiger charge is 2.29. The number of carbonyl (C=O) groups is 1. The molecular weight excluding hydrogens is 194 g/mol. The van der Waals surface area contributed by atoms with Gasteiger partial charge >= 0.3 is 5.97 Å². The van der Waals surface area contributed by atoms with Crippen LogP contribution in [0.5, 0.6) is 0 Å². The average molecular weight is 202 g/mol. The van der Waals surface area contributed by atoms with Gasteiger partial charge in [0, 0.05) is 12.6 Å². The highest BCUT2D eigenvalue weighted by molar-refractivity contribution is 6.32. The first-order valence-electron chi connectivity index (χ1n) is 3.85. The summed E-state index contributed by atoms with van der Waals surface area (Å²) in [5.41, 5.74) is 5.44. The van der Waals surface area contributed by atoms with Crippen LogP contribution in [0, 0.1) is 0 Å². The van der Waals surface area contributed by atoms with Crippen LogP contribution in [0.3, 0.4) is 0 Å². The Morgan fingerprint density at radius 3 is 3.00 bits per heavy atom. The molecule has 2 heterocycles. The zero-order valence-corrected chi connectivity index (χ0v) is 7.49. The number of cyclic esters (lactones) is 1. The minimum atomic E-state index is -0.366. The number of anilines is 1. The normalized spacial score (nSPS) is 21.9. The summed E-state index contributed by atoms with van der Waals surface area (Å²) in [6, 6.07) is -0.366. The molecule has 1 saturated heterocycles. The standard InChI is InChI=1S/C7H8ClN3O2/c8-4-3-11(10-6(4)9)5-1-2-13-7(5)12/h3,5H,1-2H2,(H2,9,10). The number of nitrogens with two attached hydrogens (primary N) is 1. The van der Waals surface area contributed by atoms with Gasteiger partial charge in [0.15, 0.2) is 11.9 Å². The Bertz CT molecular complexity index is 330. The molecule has 5 nitrogen and oxygen atoms in total. The van der Waals surface area contributed by atoms with Gasteiger partial charge in [0.1, 0.15) is 5.02 Å². The van der Waals surface area contributed by atoms with Crippen molar-refractivity contribution in [1.29, 1.82) is 0 Å². The summed E-state index contributed by atoms with van der Waals surface area (Å²) in [5, 5.41) is 4.27. The predicted octanol–water partition coefficient (Wildman–Crippen LogP) is 0.607. The fourth-order valence-corrected chi connectivity index (χ4v) is 1.41. The molecule has 1 aliphatic heterocycles. The Morgan fingerprint density at radius 2 is 2.54 bits per heavy atom. The number of carbonyl (C=O) groups excluding carboxylic acids is 1. The quantitative estimate of drug-likeness (QED) is 0.676. The van der Waals surface area contributed by atoms with Gasteiger partial charge in [0.2, 0.25) is 0 Å². The summed E-state index contributed by atoms with van der Waals surface area (Å²) in [6.45, 7) is 0.431. The maximum atomic E-state index is 11.1. The van der Waals surface area contributed by atoms with Crippen LogP contribution in [0.4, 0.5) is 5.82 Å². The van der Waals surface area contributed by atoms with Gasteiger partial charge in [0.25, 0.3) is 0 Å². The van der Waals surface area contributed by atoms with E-state index in [1.807, 2.05) is 0 Å². The summed E-state index contributed by atoms with van der Waals surface area (Å²) in [7, 11) is 0. The monoisotopic (exact) mass is 201 g/mol. The highest BCUT2D eigenvalue weighted by atomic mass is 35.5. The van der Waals surface area contributed by atoms with E-state index in [1.165, 1.54) is 10.9 Å². The van der Waals surface area contributed by atoms with Gasteiger partial charge in [-0.3, -0.25) is 4.68 Å². The summed E-state index contributed by atoms with van der Waals surface area (Å²) >= 11 is 5.70. The minimum absolute atomic E-state index is 0.237. The van der Waals surface area contributed by atoms with Crippen molar-refractivity contribution in [1.82, 2.24) is 9.78 Å². The Balaban J connectivity index is 2.29. The second-order valence-electron chi connectivity index (χ2n) is 2.81. The summed E-state index contributed by atoms with van der Waals surface area (Å²) < 4.78 is 6.24. The van der Waals surface area contributed by atoms with Crippen molar-refractivity contribution in [2.75, 3.05) is 12.3 Å². The number of hydrogen-bond donors (Lipinski definition) is 1. The fourth-order valence-electron chi connectivity index (χ4n) is 1.27. The zero-order chi connectivity index (χ0) is 9.42. The number of aromatic nitrogens is 2. The molecule has 1 atom stereocenters. The van der Waals surface area contributed by atoms with Crippen molar-refractivity contribution in [3.63, 3.8) is 0 Å². The lowest BCUT2D eigenvalue weighted by Crippen LogP contribution is -2.14. The van der Waals surface area contributed by atoms with Crippen molar-refractivity contribution in [3.05, 3.63) is 11.2 Å². The first-order valence-corrected chi connectivity index (χ1v) is 4.23. The van der Waals surface area contributed by atoms with E-state index in [0.29, 0.717) is 18.1 Å². The van der Waals surface area contributed by atoms with Crippen molar-refractivity contribution < 1.29 is 9.53 Å². The third-order valence-corrected chi connectivity index (χ3v) is 2.23. The number of rotatable bonds is 1. The first kappa shape index (κ1) is 8.37. The molecule has 0 aromatic carbocycles. The molecule has 0 saturated carbocycles. The molecule has 1 aromatic rings. The second kappa shape index (κ2) is 2.92. The van der Waals surface area contributed by atoms with Gasteiger partial charge in [-0.1, -0.05) is 11.6 Å². The van der Waals surface area contributed by atoms with Crippen LogP contribution >= 0.6 is 11.6 Å². The lowest BCUT2D eigenvalue weighted by Gasteiger charge is -2.03. The van der Waals surface area contributed by atoms with E-state index in [0.717, 1.165) is 0 Å². The lowest BCUT2D eigenvalue weighted by atomic mass is 10.3. The summed E-state index contributed by atoms with van der Waals surface area (Å²) in [5.74, 6) is -0.0412. The third kappa shape index (κ3) is 1.35. The number of ether oxygens (including phenoxy) is 1. The topological polar surface area (TPSA) is 70.1 Å². The van der Waals surface area contributed by atoms with Crippen molar-refractivity contribution in [3.8, 4) is 0 Å². The minimum Gasteiger partial charge on any atom is -0.464 e. The first-order chi connectivity index (χ1) is 6.18. The Hall–Kier alpha value is -1.23. The smallest absolute Gasteiger partial charge is 0.331 e. The van der Waals surface area contributed by atoms with Crippen LogP contribution in [0.15, 0.2) is 6.20 Å². The van der Waals surface area contributed by atoms with Crippen molar-refractivity contribution in [2.24, 2.45) is 0 Å². The fraction of sp³-hybridized carbons (Fsp3) is 0.429. The van der Waals surface area contributed by atoms with Gasteiger partial charge < -0.3 is 10.5 Å². The number of halogens is 1. The molecule has 0 bridgehead atoms. The van der Waals surface area contributed by atoms with Gasteiger partial charge in [-0.15, -0.1) is 0 Å². The van der Waals surface area contributed by atoms with E-state index >= 15 is 0 Å². The van der Waals surface area contributed by atoms with Crippen molar-refractivity contribution in [2.45, 2.75) is 12.5 Å². The SMILES string of the molecule is Nc1nn(C2CCOC2=O)cc1Cl. The summed E-state index contributed by atoms with van der Waals surface area (Å²) in [4.78, 5) is 11.1. The van der Waals surface area contributed by atoms with E-state index in [1.54, 1.807) is 0 Å². The van der Waals surface area contributed by atoms with Crippen LogP contribution in [-0.2, 0) is 9.53 Å². The largest absolute Gasteiger partial charge is 0.464 e. The lowest BCUT2D eigenvalue weighted by molar-refractivity contribution is -0.140. The number of nitrogen functional groups attached to an aromatic ring is 1. The van der Waals surface area contributed by atoms with Gasteiger partial charge in [0.05, 0.1) is 6.61 Å². The highest BCUT2D eigenvalue weighted by Crippen LogP contribution is 2.24. The molecule has 2 N–H and O–H groups in total. The van der Waals surface area contributed by atoms with E-state index in [2.05, 4.69) is 5.10 Å². The number of nitrogens with zero attached hydrogens (tertiary/aromatic N) is 2. The molecule has 0 spiro atoms. The number of hydrogen-bond acceptors (Lipinski definition) is 4. The Labute approximate surface area is 79.4 Å². The molecule has 2 rings (SSSR count). The van der Waals surface area contributed by atoms with Crippen LogP contribution in [0.2, 0.25) is 5.02 Å². The molecule has 0 aliphatic carbocycles. The molecule has 1 aromatic heterocycles. The van der Waals surface area contributed by atoms with E-state index in [4.69, 9.17) is 22.1 Å². The third-order valence-electron chi connectivity index (χ3n) is 1.94. The Kier molecular flexibility index (Phi) is 1.88. The molecular formula is C7H8ClN3O2. The maximum absolute atomic E-state index is 11.1. The van der Waals surface area contributed by atoms with Crippen LogP contribution in [0.25, 0.3) is 0 Å². The number of esters is 1. The molecule has 1 fully saturated rings. The van der Waals surface area contributed by atoms with Gasteiger partial charge in [-0.2, -0.15) is 5.10 Å². The molecule has 0 radical (unpaired) electrons. The average Bonchev–Trinajstić information content (AvgIpc) is 2.60. The maximum Gasteiger partial charge on any atom is 0.331 e. The molecule has 13 heavy (non-hydrogen) atoms. The summed E-state index contributed by atoms with van der Waals surface area (Å²) in [6.07, 6.45) is 2.16. The van der Waals surface area contributed by atoms with E-state index < -0.39 is 0 Å². The van der Waals surface area contributed by atoms with Crippen LogP contribution in [0.1, 0.15) is 12.5 Å². The molecule has 1 unspecified atom stereocenters. The molecule has 0 amide bonds. The van der Waals surface area contributed by atoms with Crippen molar-refractivity contribution >= 4 is 23.4 Å². The Morgan fingerprint density at radius 1 is 1.77 bits per heavy atom. The van der Waals surface area contributed by atoms with Crippen LogP contribution < -0.4 is 5.73 Å². The molecule has 70 valence electrons. The zero-order valence-electron chi connectivity index (χ0n) is 6.74. The van der Waals surface area contributed by atoms with E-state index in [-0.39, 0.29) is 17.8 Å². The molecule has 1 aliphatic rings.